The zero-order chi connectivity index (χ0) is 43.1. The number of nitrogens with zero attached hydrogens (tertiary/aromatic N) is 6. The first-order chi connectivity index (χ1) is 32.2. The van der Waals surface area contributed by atoms with Crippen LogP contribution in [0.25, 0.3) is 117 Å². The standard InChI is InChI=1S/C59H38N6/c1-6-19-40(20-7-1)55-53(56(41-21-8-2-9-22-41)63-58(62-55)43-23-10-3-11-24-43)50-32-18-31-48(60-50)39-33-35-42(36-34-39)54-52-47(46-29-16-17-30-49(46)61-54)37-38-51-57(52)64-59(44-25-12-4-13-26-44)65(51)45-27-14-5-15-28-45/h1-38H. The van der Waals surface area contributed by atoms with Crippen molar-refractivity contribution in [2.45, 2.75) is 0 Å². The Morgan fingerprint density at radius 2 is 0.831 bits per heavy atom. The van der Waals surface area contributed by atoms with Crippen molar-refractivity contribution in [2.24, 2.45) is 0 Å². The minimum absolute atomic E-state index is 0.661. The molecule has 0 aliphatic rings. The minimum Gasteiger partial charge on any atom is -0.292 e. The highest BCUT2D eigenvalue weighted by molar-refractivity contribution is 6.20. The molecule has 0 saturated carbocycles. The Morgan fingerprint density at radius 1 is 0.308 bits per heavy atom. The molecule has 0 amide bonds. The van der Waals surface area contributed by atoms with E-state index < -0.39 is 0 Å². The summed E-state index contributed by atoms with van der Waals surface area (Å²) in [6.45, 7) is 0. The molecule has 0 aliphatic heterocycles. The van der Waals surface area contributed by atoms with Gasteiger partial charge in [0.15, 0.2) is 5.82 Å². The molecule has 0 spiro atoms. The number of pyridine rings is 2. The largest absolute Gasteiger partial charge is 0.292 e. The molecule has 304 valence electrons. The summed E-state index contributed by atoms with van der Waals surface area (Å²) in [5, 5.41) is 3.21. The molecule has 0 aliphatic carbocycles. The zero-order valence-electron chi connectivity index (χ0n) is 35.1. The van der Waals surface area contributed by atoms with Crippen molar-refractivity contribution in [3.63, 3.8) is 0 Å². The lowest BCUT2D eigenvalue weighted by Crippen LogP contribution is -2.02. The number of fused-ring (bicyclic) bond motifs is 5. The maximum Gasteiger partial charge on any atom is 0.160 e. The fourth-order valence-electron chi connectivity index (χ4n) is 8.97. The van der Waals surface area contributed by atoms with Gasteiger partial charge in [-0.2, -0.15) is 0 Å². The maximum atomic E-state index is 5.47. The summed E-state index contributed by atoms with van der Waals surface area (Å²) >= 11 is 0. The SMILES string of the molecule is c1ccc(-c2nc(-c3ccccc3)c(-c3cccc(-c4ccc(-c5nc6ccccc6c6ccc7c(nc(-c8ccccc8)n7-c7ccccc7)c56)cc4)n3)c(-c3ccccc3)n2)cc1. The highest BCUT2D eigenvalue weighted by Gasteiger charge is 2.23. The van der Waals surface area contributed by atoms with Crippen LogP contribution in [0.3, 0.4) is 0 Å². The fraction of sp³-hybridized carbons (Fsp3) is 0. The Hall–Kier alpha value is -8.87. The average molecular weight is 831 g/mol. The monoisotopic (exact) mass is 830 g/mol. The van der Waals surface area contributed by atoms with E-state index in [1.54, 1.807) is 0 Å². The average Bonchev–Trinajstić information content (AvgIpc) is 3.79. The summed E-state index contributed by atoms with van der Waals surface area (Å²) in [7, 11) is 0. The summed E-state index contributed by atoms with van der Waals surface area (Å²) in [4.78, 5) is 26.8. The Labute approximate surface area is 375 Å². The van der Waals surface area contributed by atoms with Gasteiger partial charge in [0.1, 0.15) is 5.82 Å². The highest BCUT2D eigenvalue weighted by Crippen LogP contribution is 2.42. The van der Waals surface area contributed by atoms with Crippen LogP contribution in [0.5, 0.6) is 0 Å². The van der Waals surface area contributed by atoms with Crippen molar-refractivity contribution >= 4 is 32.7 Å². The Kier molecular flexibility index (Phi) is 9.38. The van der Waals surface area contributed by atoms with Gasteiger partial charge in [-0.05, 0) is 41.8 Å². The third-order valence-corrected chi connectivity index (χ3v) is 12.0. The van der Waals surface area contributed by atoms with E-state index in [0.717, 1.165) is 112 Å². The number of rotatable bonds is 8. The van der Waals surface area contributed by atoms with Gasteiger partial charge in [-0.1, -0.05) is 194 Å². The highest BCUT2D eigenvalue weighted by atomic mass is 15.1. The van der Waals surface area contributed by atoms with E-state index in [2.05, 4.69) is 168 Å². The molecule has 6 nitrogen and oxygen atoms in total. The van der Waals surface area contributed by atoms with Gasteiger partial charge in [0.25, 0.3) is 0 Å². The van der Waals surface area contributed by atoms with Crippen LogP contribution in [0.4, 0.5) is 0 Å². The zero-order valence-corrected chi connectivity index (χ0v) is 35.1. The van der Waals surface area contributed by atoms with E-state index in [-0.39, 0.29) is 0 Å². The van der Waals surface area contributed by atoms with Gasteiger partial charge in [-0.15, -0.1) is 0 Å². The summed E-state index contributed by atoms with van der Waals surface area (Å²) in [5.41, 5.74) is 14.9. The maximum absolute atomic E-state index is 5.47. The molecule has 12 rings (SSSR count). The van der Waals surface area contributed by atoms with Crippen molar-refractivity contribution in [3.8, 4) is 84.7 Å². The molecule has 0 saturated heterocycles. The van der Waals surface area contributed by atoms with Crippen LogP contribution in [-0.2, 0) is 0 Å². The molecule has 12 aromatic rings. The lowest BCUT2D eigenvalue weighted by molar-refractivity contribution is 1.10. The lowest BCUT2D eigenvalue weighted by atomic mass is 9.96. The van der Waals surface area contributed by atoms with Gasteiger partial charge in [0, 0.05) is 49.8 Å². The first-order valence-corrected chi connectivity index (χ1v) is 21.8. The number of benzene rings is 8. The number of para-hydroxylation sites is 2. The molecule has 0 fully saturated rings. The molecule has 4 heterocycles. The molecule has 6 heteroatoms. The lowest BCUT2D eigenvalue weighted by Gasteiger charge is -2.17. The molecule has 65 heavy (non-hydrogen) atoms. The van der Waals surface area contributed by atoms with Crippen LogP contribution >= 0.6 is 0 Å². The first-order valence-electron chi connectivity index (χ1n) is 21.8. The van der Waals surface area contributed by atoms with Crippen LogP contribution in [-0.4, -0.2) is 29.5 Å². The van der Waals surface area contributed by atoms with E-state index in [0.29, 0.717) is 5.82 Å². The summed E-state index contributed by atoms with van der Waals surface area (Å²) in [5.74, 6) is 1.54. The molecule has 0 radical (unpaired) electrons. The Balaban J connectivity index is 1.02. The third-order valence-electron chi connectivity index (χ3n) is 12.0. The molecular formula is C59H38N6. The van der Waals surface area contributed by atoms with Gasteiger partial charge in [0.2, 0.25) is 0 Å². The number of imidazole rings is 1. The van der Waals surface area contributed by atoms with Crippen molar-refractivity contribution in [1.82, 2.24) is 29.5 Å². The van der Waals surface area contributed by atoms with E-state index in [1.807, 2.05) is 66.7 Å². The van der Waals surface area contributed by atoms with Gasteiger partial charge in [-0.25, -0.2) is 24.9 Å². The van der Waals surface area contributed by atoms with Crippen molar-refractivity contribution in [2.75, 3.05) is 0 Å². The summed E-state index contributed by atoms with van der Waals surface area (Å²) < 4.78 is 2.26. The van der Waals surface area contributed by atoms with E-state index >= 15 is 0 Å². The van der Waals surface area contributed by atoms with Gasteiger partial charge in [-0.3, -0.25) is 4.57 Å². The minimum atomic E-state index is 0.661. The van der Waals surface area contributed by atoms with E-state index in [4.69, 9.17) is 24.9 Å². The van der Waals surface area contributed by atoms with Crippen molar-refractivity contribution < 1.29 is 0 Å². The second-order valence-electron chi connectivity index (χ2n) is 16.0. The van der Waals surface area contributed by atoms with E-state index in [1.165, 1.54) is 0 Å². The van der Waals surface area contributed by atoms with Crippen molar-refractivity contribution in [1.29, 1.82) is 0 Å². The van der Waals surface area contributed by atoms with E-state index in [9.17, 15) is 0 Å². The number of aromatic nitrogens is 6. The predicted octanol–water partition coefficient (Wildman–Crippen LogP) is 14.6. The van der Waals surface area contributed by atoms with Crippen molar-refractivity contribution in [3.05, 3.63) is 231 Å². The van der Waals surface area contributed by atoms with Crippen LogP contribution < -0.4 is 0 Å². The molecular weight excluding hydrogens is 793 g/mol. The second-order valence-corrected chi connectivity index (χ2v) is 16.0. The smallest absolute Gasteiger partial charge is 0.160 e. The van der Waals surface area contributed by atoms with Crippen LogP contribution in [0.2, 0.25) is 0 Å². The number of hydrogen-bond acceptors (Lipinski definition) is 5. The fourth-order valence-corrected chi connectivity index (χ4v) is 8.97. The summed E-state index contributed by atoms with van der Waals surface area (Å²) in [6.07, 6.45) is 0. The Bertz CT molecular complexity index is 3610. The predicted molar refractivity (Wildman–Crippen MR) is 265 cm³/mol. The number of hydrogen-bond donors (Lipinski definition) is 0. The van der Waals surface area contributed by atoms with Gasteiger partial charge < -0.3 is 0 Å². The topological polar surface area (TPSA) is 69.4 Å². The van der Waals surface area contributed by atoms with Crippen LogP contribution in [0, 0.1) is 0 Å². The van der Waals surface area contributed by atoms with Crippen LogP contribution in [0.15, 0.2) is 231 Å². The van der Waals surface area contributed by atoms with Crippen LogP contribution in [0.1, 0.15) is 0 Å². The van der Waals surface area contributed by atoms with Gasteiger partial charge >= 0.3 is 0 Å². The molecule has 8 aromatic carbocycles. The summed E-state index contributed by atoms with van der Waals surface area (Å²) in [6, 6.07) is 79.3. The molecule has 0 atom stereocenters. The molecule has 4 aromatic heterocycles. The third kappa shape index (κ3) is 6.81. The first kappa shape index (κ1) is 37.9. The van der Waals surface area contributed by atoms with Gasteiger partial charge in [0.05, 0.1) is 50.6 Å². The Morgan fingerprint density at radius 3 is 1.48 bits per heavy atom. The normalized spacial score (nSPS) is 11.4. The molecule has 0 bridgehead atoms. The quantitative estimate of drug-likeness (QED) is 0.143. The second kappa shape index (κ2) is 16.1. The molecule has 0 unspecified atom stereocenters. The molecule has 0 N–H and O–H groups in total.